The highest BCUT2D eigenvalue weighted by Crippen LogP contribution is 2.28. The molecule has 1 fully saturated rings. The number of para-hydroxylation sites is 1. The van der Waals surface area contributed by atoms with Crippen LogP contribution < -0.4 is 5.32 Å². The SMILES string of the molecule is Cc1nn(-c2ccccc2)cc1C(=O)NC1(C)CCCCC1. The van der Waals surface area contributed by atoms with Gasteiger partial charge in [-0.05, 0) is 38.8 Å². The number of nitrogens with one attached hydrogen (secondary N) is 1. The van der Waals surface area contributed by atoms with Gasteiger partial charge in [0.1, 0.15) is 0 Å². The van der Waals surface area contributed by atoms with Crippen molar-refractivity contribution in [3.8, 4) is 5.69 Å². The van der Waals surface area contributed by atoms with E-state index >= 15 is 0 Å². The monoisotopic (exact) mass is 297 g/mol. The minimum absolute atomic E-state index is 0.0101. The Morgan fingerprint density at radius 1 is 1.18 bits per heavy atom. The molecule has 1 aliphatic rings. The number of carbonyl (C=O) groups is 1. The van der Waals surface area contributed by atoms with Crippen LogP contribution in [0.1, 0.15) is 55.1 Å². The van der Waals surface area contributed by atoms with Gasteiger partial charge in [0.05, 0.1) is 16.9 Å². The summed E-state index contributed by atoms with van der Waals surface area (Å²) in [5.74, 6) is -0.0101. The summed E-state index contributed by atoms with van der Waals surface area (Å²) in [6.07, 6.45) is 7.61. The average molecular weight is 297 g/mol. The maximum atomic E-state index is 12.6. The second-order valence-electron chi connectivity index (χ2n) is 6.48. The van der Waals surface area contributed by atoms with Crippen molar-refractivity contribution in [3.05, 3.63) is 47.8 Å². The molecule has 2 aromatic rings. The predicted molar refractivity (Wildman–Crippen MR) is 87.3 cm³/mol. The van der Waals surface area contributed by atoms with Gasteiger partial charge in [0, 0.05) is 11.7 Å². The normalized spacial score (nSPS) is 17.2. The van der Waals surface area contributed by atoms with Crippen molar-refractivity contribution in [1.82, 2.24) is 15.1 Å². The quantitative estimate of drug-likeness (QED) is 0.940. The average Bonchev–Trinajstić information content (AvgIpc) is 2.90. The van der Waals surface area contributed by atoms with Crippen molar-refractivity contribution in [2.75, 3.05) is 0 Å². The van der Waals surface area contributed by atoms with Gasteiger partial charge in [-0.2, -0.15) is 5.10 Å². The van der Waals surface area contributed by atoms with Crippen molar-refractivity contribution in [3.63, 3.8) is 0 Å². The van der Waals surface area contributed by atoms with Gasteiger partial charge in [0.15, 0.2) is 0 Å². The summed E-state index contributed by atoms with van der Waals surface area (Å²) in [6.45, 7) is 4.04. The number of benzene rings is 1. The summed E-state index contributed by atoms with van der Waals surface area (Å²) in [5, 5.41) is 7.70. The lowest BCUT2D eigenvalue weighted by molar-refractivity contribution is 0.0882. The Morgan fingerprint density at radius 3 is 2.55 bits per heavy atom. The van der Waals surface area contributed by atoms with Gasteiger partial charge in [0.25, 0.3) is 5.91 Å². The molecule has 0 atom stereocenters. The molecule has 116 valence electrons. The highest BCUT2D eigenvalue weighted by atomic mass is 16.1. The summed E-state index contributed by atoms with van der Waals surface area (Å²) in [5.41, 5.74) is 2.32. The molecule has 3 rings (SSSR count). The number of nitrogens with zero attached hydrogens (tertiary/aromatic N) is 2. The Kier molecular flexibility index (Phi) is 4.01. The number of aryl methyl sites for hydroxylation is 1. The molecule has 0 spiro atoms. The van der Waals surface area contributed by atoms with E-state index in [1.165, 1.54) is 19.3 Å². The van der Waals surface area contributed by atoms with Gasteiger partial charge in [-0.25, -0.2) is 4.68 Å². The first-order valence-electron chi connectivity index (χ1n) is 8.02. The fraction of sp³-hybridized carbons (Fsp3) is 0.444. The summed E-state index contributed by atoms with van der Waals surface area (Å²) in [4.78, 5) is 12.6. The third-order valence-corrected chi connectivity index (χ3v) is 4.54. The molecule has 4 heteroatoms. The van der Waals surface area contributed by atoms with Crippen LogP contribution in [0, 0.1) is 6.92 Å². The molecule has 1 heterocycles. The molecule has 0 unspecified atom stereocenters. The van der Waals surface area contributed by atoms with Gasteiger partial charge in [-0.3, -0.25) is 4.79 Å². The maximum absolute atomic E-state index is 12.6. The van der Waals surface area contributed by atoms with Crippen LogP contribution in [0.3, 0.4) is 0 Å². The zero-order chi connectivity index (χ0) is 15.6. The highest BCUT2D eigenvalue weighted by Gasteiger charge is 2.29. The van der Waals surface area contributed by atoms with Gasteiger partial charge >= 0.3 is 0 Å². The van der Waals surface area contributed by atoms with Crippen LogP contribution in [-0.2, 0) is 0 Å². The fourth-order valence-corrected chi connectivity index (χ4v) is 3.19. The second-order valence-corrected chi connectivity index (χ2v) is 6.48. The predicted octanol–water partition coefficient (Wildman–Crippen LogP) is 3.63. The van der Waals surface area contributed by atoms with Gasteiger partial charge < -0.3 is 5.32 Å². The number of carbonyl (C=O) groups excluding carboxylic acids is 1. The van der Waals surface area contributed by atoms with Crippen molar-refractivity contribution in [1.29, 1.82) is 0 Å². The summed E-state index contributed by atoms with van der Waals surface area (Å²) >= 11 is 0. The third kappa shape index (κ3) is 3.06. The fourth-order valence-electron chi connectivity index (χ4n) is 3.19. The third-order valence-electron chi connectivity index (χ3n) is 4.54. The maximum Gasteiger partial charge on any atom is 0.255 e. The molecule has 1 aromatic carbocycles. The minimum Gasteiger partial charge on any atom is -0.347 e. The molecule has 1 aromatic heterocycles. The first-order valence-corrected chi connectivity index (χ1v) is 8.02. The molecule has 0 radical (unpaired) electrons. The summed E-state index contributed by atoms with van der Waals surface area (Å²) < 4.78 is 1.77. The molecule has 0 bridgehead atoms. The lowest BCUT2D eigenvalue weighted by Gasteiger charge is -2.34. The first-order chi connectivity index (χ1) is 10.6. The number of aromatic nitrogens is 2. The first kappa shape index (κ1) is 14.8. The number of hydrogen-bond donors (Lipinski definition) is 1. The van der Waals surface area contributed by atoms with Crippen LogP contribution in [0.5, 0.6) is 0 Å². The molecular weight excluding hydrogens is 274 g/mol. The van der Waals surface area contributed by atoms with E-state index in [1.54, 1.807) is 4.68 Å². The standard InChI is InChI=1S/C18H23N3O/c1-14-16(13-21(20-14)15-9-5-3-6-10-15)17(22)19-18(2)11-7-4-8-12-18/h3,5-6,9-10,13H,4,7-8,11-12H2,1-2H3,(H,19,22). The van der Waals surface area contributed by atoms with E-state index < -0.39 is 0 Å². The number of amides is 1. The van der Waals surface area contributed by atoms with E-state index in [2.05, 4.69) is 17.3 Å². The zero-order valence-electron chi connectivity index (χ0n) is 13.3. The lowest BCUT2D eigenvalue weighted by Crippen LogP contribution is -2.47. The highest BCUT2D eigenvalue weighted by molar-refractivity contribution is 5.95. The van der Waals surface area contributed by atoms with Gasteiger partial charge in [-0.1, -0.05) is 37.5 Å². The van der Waals surface area contributed by atoms with Crippen LogP contribution in [0.2, 0.25) is 0 Å². The van der Waals surface area contributed by atoms with E-state index in [0.29, 0.717) is 5.56 Å². The minimum atomic E-state index is -0.0728. The summed E-state index contributed by atoms with van der Waals surface area (Å²) in [7, 11) is 0. The van der Waals surface area contributed by atoms with Crippen molar-refractivity contribution in [2.24, 2.45) is 0 Å². The van der Waals surface area contributed by atoms with Crippen molar-refractivity contribution >= 4 is 5.91 Å². The van der Waals surface area contributed by atoms with E-state index in [1.807, 2.05) is 43.5 Å². The molecular formula is C18H23N3O. The number of hydrogen-bond acceptors (Lipinski definition) is 2. The largest absolute Gasteiger partial charge is 0.347 e. The zero-order valence-corrected chi connectivity index (χ0v) is 13.3. The molecule has 0 saturated heterocycles. The molecule has 22 heavy (non-hydrogen) atoms. The van der Waals surface area contributed by atoms with Crippen molar-refractivity contribution in [2.45, 2.75) is 51.5 Å². The van der Waals surface area contributed by atoms with Crippen LogP contribution in [0.25, 0.3) is 5.69 Å². The van der Waals surface area contributed by atoms with Crippen LogP contribution in [0.4, 0.5) is 0 Å². The van der Waals surface area contributed by atoms with Crippen LogP contribution in [0.15, 0.2) is 36.5 Å². The Morgan fingerprint density at radius 2 is 1.86 bits per heavy atom. The van der Waals surface area contributed by atoms with E-state index in [0.717, 1.165) is 24.2 Å². The molecule has 1 amide bonds. The molecule has 1 N–H and O–H groups in total. The second kappa shape index (κ2) is 5.95. The van der Waals surface area contributed by atoms with Gasteiger partial charge in [-0.15, -0.1) is 0 Å². The molecule has 0 aliphatic heterocycles. The van der Waals surface area contributed by atoms with Gasteiger partial charge in [0.2, 0.25) is 0 Å². The lowest BCUT2D eigenvalue weighted by atomic mass is 9.83. The Hall–Kier alpha value is -2.10. The molecule has 4 nitrogen and oxygen atoms in total. The smallest absolute Gasteiger partial charge is 0.255 e. The van der Waals surface area contributed by atoms with Crippen molar-refractivity contribution < 1.29 is 4.79 Å². The Bertz CT molecular complexity index is 654. The van der Waals surface area contributed by atoms with E-state index in [-0.39, 0.29) is 11.4 Å². The van der Waals surface area contributed by atoms with Crippen LogP contribution in [-0.4, -0.2) is 21.2 Å². The van der Waals surface area contributed by atoms with Crippen LogP contribution >= 0.6 is 0 Å². The Labute approximate surface area is 131 Å². The molecule has 1 aliphatic carbocycles. The number of rotatable bonds is 3. The Balaban J connectivity index is 1.80. The molecule has 1 saturated carbocycles. The van der Waals surface area contributed by atoms with E-state index in [9.17, 15) is 4.79 Å². The topological polar surface area (TPSA) is 46.9 Å². The summed E-state index contributed by atoms with van der Waals surface area (Å²) in [6, 6.07) is 9.87. The van der Waals surface area contributed by atoms with E-state index in [4.69, 9.17) is 0 Å².